The smallest absolute Gasteiger partial charge is 0.328 e. The molecule has 0 heterocycles. The highest BCUT2D eigenvalue weighted by molar-refractivity contribution is 5.82. The van der Waals surface area contributed by atoms with Crippen molar-refractivity contribution in [3.8, 4) is 0 Å². The fraction of sp³-hybridized carbons (Fsp3) is 0.667. The van der Waals surface area contributed by atoms with Gasteiger partial charge in [-0.15, -0.1) is 0 Å². The number of carboxylic acids is 1. The fourth-order valence-electron chi connectivity index (χ4n) is 2.22. The highest BCUT2D eigenvalue weighted by atomic mass is 16.4. The van der Waals surface area contributed by atoms with Crippen LogP contribution in [-0.2, 0) is 4.79 Å². The van der Waals surface area contributed by atoms with Crippen LogP contribution in [0.4, 0.5) is 0 Å². The van der Waals surface area contributed by atoms with Crippen LogP contribution in [-0.4, -0.2) is 11.1 Å². The SMILES string of the molecule is O=C(O)C=C1C2CCCCC12. The van der Waals surface area contributed by atoms with Crippen LogP contribution in [0.25, 0.3) is 0 Å². The lowest BCUT2D eigenvalue weighted by Gasteiger charge is -2.04. The predicted molar refractivity (Wildman–Crippen MR) is 41.2 cm³/mol. The zero-order chi connectivity index (χ0) is 7.84. The summed E-state index contributed by atoms with van der Waals surface area (Å²) in [6.45, 7) is 0. The fourth-order valence-corrected chi connectivity index (χ4v) is 2.22. The molecule has 2 unspecified atom stereocenters. The summed E-state index contributed by atoms with van der Waals surface area (Å²) < 4.78 is 0. The van der Waals surface area contributed by atoms with E-state index in [2.05, 4.69) is 0 Å². The molecular formula is C9H12O2. The van der Waals surface area contributed by atoms with Gasteiger partial charge >= 0.3 is 5.97 Å². The van der Waals surface area contributed by atoms with Gasteiger partial charge in [-0.25, -0.2) is 4.79 Å². The number of hydrogen-bond acceptors (Lipinski definition) is 1. The number of aliphatic carboxylic acids is 1. The topological polar surface area (TPSA) is 37.3 Å². The quantitative estimate of drug-likeness (QED) is 0.582. The van der Waals surface area contributed by atoms with Crippen LogP contribution in [0.5, 0.6) is 0 Å². The van der Waals surface area contributed by atoms with E-state index in [1.54, 1.807) is 0 Å². The molecule has 0 saturated heterocycles. The zero-order valence-electron chi connectivity index (χ0n) is 6.42. The van der Waals surface area contributed by atoms with Gasteiger partial charge in [-0.3, -0.25) is 0 Å². The average Bonchev–Trinajstić information content (AvgIpc) is 2.64. The Bertz CT molecular complexity index is 204. The maximum atomic E-state index is 10.3. The Morgan fingerprint density at radius 2 is 1.91 bits per heavy atom. The molecule has 2 atom stereocenters. The largest absolute Gasteiger partial charge is 0.478 e. The Morgan fingerprint density at radius 1 is 1.36 bits per heavy atom. The minimum Gasteiger partial charge on any atom is -0.478 e. The van der Waals surface area contributed by atoms with Crippen molar-refractivity contribution in [3.05, 3.63) is 11.6 Å². The first-order valence-corrected chi connectivity index (χ1v) is 4.23. The highest BCUT2D eigenvalue weighted by Crippen LogP contribution is 2.54. The molecule has 11 heavy (non-hydrogen) atoms. The van der Waals surface area contributed by atoms with E-state index in [1.165, 1.54) is 37.3 Å². The Labute approximate surface area is 65.9 Å². The minimum absolute atomic E-state index is 0.653. The third-order valence-electron chi connectivity index (χ3n) is 2.80. The Balaban J connectivity index is 2.05. The molecule has 0 bridgehead atoms. The van der Waals surface area contributed by atoms with E-state index in [-0.39, 0.29) is 0 Å². The van der Waals surface area contributed by atoms with Crippen molar-refractivity contribution in [2.75, 3.05) is 0 Å². The lowest BCUT2D eigenvalue weighted by atomic mass is 10.0. The van der Waals surface area contributed by atoms with Crippen LogP contribution in [0, 0.1) is 11.8 Å². The summed E-state index contributed by atoms with van der Waals surface area (Å²) >= 11 is 0. The molecule has 0 aromatic heterocycles. The number of rotatable bonds is 1. The molecule has 2 fully saturated rings. The normalized spacial score (nSPS) is 34.4. The molecule has 2 saturated carbocycles. The van der Waals surface area contributed by atoms with Crippen molar-refractivity contribution in [1.29, 1.82) is 0 Å². The van der Waals surface area contributed by atoms with Crippen LogP contribution in [0.1, 0.15) is 25.7 Å². The number of carboxylic acid groups (broad SMARTS) is 1. The van der Waals surface area contributed by atoms with E-state index in [9.17, 15) is 4.79 Å². The van der Waals surface area contributed by atoms with Crippen molar-refractivity contribution in [1.82, 2.24) is 0 Å². The summed E-state index contributed by atoms with van der Waals surface area (Å²) in [6, 6.07) is 0. The van der Waals surface area contributed by atoms with Crippen molar-refractivity contribution in [2.24, 2.45) is 11.8 Å². The number of fused-ring (bicyclic) bond motifs is 1. The van der Waals surface area contributed by atoms with Gasteiger partial charge in [0.1, 0.15) is 0 Å². The first-order chi connectivity index (χ1) is 5.29. The molecule has 0 aliphatic heterocycles. The third-order valence-corrected chi connectivity index (χ3v) is 2.80. The van der Waals surface area contributed by atoms with Gasteiger partial charge in [-0.05, 0) is 24.7 Å². The summed E-state index contributed by atoms with van der Waals surface area (Å²) in [4.78, 5) is 10.3. The van der Waals surface area contributed by atoms with Crippen molar-refractivity contribution < 1.29 is 9.90 Å². The summed E-state index contributed by atoms with van der Waals surface area (Å²) in [6.07, 6.45) is 6.45. The van der Waals surface area contributed by atoms with Gasteiger partial charge in [0, 0.05) is 6.08 Å². The van der Waals surface area contributed by atoms with Gasteiger partial charge in [-0.1, -0.05) is 18.4 Å². The molecule has 2 rings (SSSR count). The predicted octanol–water partition coefficient (Wildman–Crippen LogP) is 1.82. The van der Waals surface area contributed by atoms with Gasteiger partial charge in [-0.2, -0.15) is 0 Å². The Kier molecular flexibility index (Phi) is 1.48. The van der Waals surface area contributed by atoms with E-state index in [1.807, 2.05) is 0 Å². The maximum absolute atomic E-state index is 10.3. The van der Waals surface area contributed by atoms with E-state index in [0.29, 0.717) is 11.8 Å². The van der Waals surface area contributed by atoms with Gasteiger partial charge < -0.3 is 5.11 Å². The van der Waals surface area contributed by atoms with E-state index >= 15 is 0 Å². The van der Waals surface area contributed by atoms with Crippen LogP contribution >= 0.6 is 0 Å². The van der Waals surface area contributed by atoms with Gasteiger partial charge in [0.05, 0.1) is 0 Å². The lowest BCUT2D eigenvalue weighted by Crippen LogP contribution is -1.91. The summed E-state index contributed by atoms with van der Waals surface area (Å²) in [7, 11) is 0. The number of hydrogen-bond donors (Lipinski definition) is 1. The van der Waals surface area contributed by atoms with E-state index in [4.69, 9.17) is 5.11 Å². The van der Waals surface area contributed by atoms with E-state index in [0.717, 1.165) is 0 Å². The molecule has 0 spiro atoms. The molecule has 0 aromatic carbocycles. The number of carbonyl (C=O) groups is 1. The first-order valence-electron chi connectivity index (χ1n) is 4.23. The zero-order valence-corrected chi connectivity index (χ0v) is 6.42. The monoisotopic (exact) mass is 152 g/mol. The second-order valence-electron chi connectivity index (χ2n) is 3.48. The van der Waals surface area contributed by atoms with E-state index < -0.39 is 5.97 Å². The molecule has 2 heteroatoms. The van der Waals surface area contributed by atoms with Crippen molar-refractivity contribution >= 4 is 5.97 Å². The highest BCUT2D eigenvalue weighted by Gasteiger charge is 2.44. The van der Waals surface area contributed by atoms with Crippen LogP contribution in [0.3, 0.4) is 0 Å². The molecule has 0 aromatic rings. The molecule has 2 aliphatic carbocycles. The lowest BCUT2D eigenvalue weighted by molar-refractivity contribution is -0.131. The van der Waals surface area contributed by atoms with Crippen molar-refractivity contribution in [2.45, 2.75) is 25.7 Å². The van der Waals surface area contributed by atoms with Crippen LogP contribution < -0.4 is 0 Å². The van der Waals surface area contributed by atoms with Gasteiger partial charge in [0.2, 0.25) is 0 Å². The Hall–Kier alpha value is -0.790. The standard InChI is InChI=1S/C9H12O2/c10-9(11)5-8-6-3-1-2-4-7(6)8/h5-7H,1-4H2,(H,10,11). The molecule has 0 amide bonds. The van der Waals surface area contributed by atoms with Gasteiger partial charge in [0.15, 0.2) is 0 Å². The average molecular weight is 152 g/mol. The molecule has 0 radical (unpaired) electrons. The second-order valence-corrected chi connectivity index (χ2v) is 3.48. The molecule has 2 aliphatic rings. The Morgan fingerprint density at radius 3 is 2.36 bits per heavy atom. The summed E-state index contributed by atoms with van der Waals surface area (Å²) in [5, 5.41) is 8.49. The maximum Gasteiger partial charge on any atom is 0.328 e. The van der Waals surface area contributed by atoms with Crippen molar-refractivity contribution in [3.63, 3.8) is 0 Å². The van der Waals surface area contributed by atoms with Crippen LogP contribution in [0.2, 0.25) is 0 Å². The number of allylic oxidation sites excluding steroid dienone is 1. The summed E-state index contributed by atoms with van der Waals surface area (Å²) in [5.74, 6) is 0.536. The second kappa shape index (κ2) is 2.36. The third kappa shape index (κ3) is 1.17. The van der Waals surface area contributed by atoms with Crippen LogP contribution in [0.15, 0.2) is 11.6 Å². The molecule has 1 N–H and O–H groups in total. The first kappa shape index (κ1) is 6.89. The summed E-state index contributed by atoms with van der Waals surface area (Å²) in [5.41, 5.74) is 1.20. The molecule has 2 nitrogen and oxygen atoms in total. The minimum atomic E-state index is -0.769. The van der Waals surface area contributed by atoms with Gasteiger partial charge in [0.25, 0.3) is 0 Å². The molecular weight excluding hydrogens is 140 g/mol. The molecule has 60 valence electrons.